The molecular formula is C18H16N2O. The second kappa shape index (κ2) is 6.09. The number of nitrogens with zero attached hydrogens (tertiary/aromatic N) is 1. The number of pyridine rings is 1. The van der Waals surface area contributed by atoms with E-state index in [0.29, 0.717) is 12.4 Å². The van der Waals surface area contributed by atoms with Crippen LogP contribution in [-0.4, -0.2) is 4.98 Å². The molecule has 0 radical (unpaired) electrons. The van der Waals surface area contributed by atoms with E-state index < -0.39 is 0 Å². The molecule has 0 unspecified atom stereocenters. The molecule has 3 nitrogen and oxygen atoms in total. The van der Waals surface area contributed by atoms with Gasteiger partial charge in [-0.2, -0.15) is 0 Å². The molecule has 3 rings (SSSR count). The van der Waals surface area contributed by atoms with E-state index in [1.807, 2.05) is 66.7 Å². The number of anilines is 1. The molecule has 2 N–H and O–H groups in total. The zero-order valence-corrected chi connectivity index (χ0v) is 11.6. The Hall–Kier alpha value is -2.81. The Morgan fingerprint density at radius 3 is 2.33 bits per heavy atom. The van der Waals surface area contributed by atoms with Gasteiger partial charge in [0.2, 0.25) is 0 Å². The summed E-state index contributed by atoms with van der Waals surface area (Å²) in [6.07, 6.45) is 1.69. The average molecular weight is 276 g/mol. The van der Waals surface area contributed by atoms with Crippen LogP contribution >= 0.6 is 0 Å². The van der Waals surface area contributed by atoms with Gasteiger partial charge in [-0.3, -0.25) is 0 Å². The lowest BCUT2D eigenvalue weighted by Crippen LogP contribution is -1.95. The number of hydrogen-bond donors (Lipinski definition) is 1. The van der Waals surface area contributed by atoms with Crippen LogP contribution in [0.25, 0.3) is 11.1 Å². The Balaban J connectivity index is 1.71. The number of nitrogen functional groups attached to an aromatic ring is 1. The van der Waals surface area contributed by atoms with Crippen LogP contribution in [0, 0.1) is 0 Å². The van der Waals surface area contributed by atoms with Crippen molar-refractivity contribution >= 4 is 5.82 Å². The van der Waals surface area contributed by atoms with Gasteiger partial charge in [0.25, 0.3) is 0 Å². The molecule has 0 aliphatic heterocycles. The van der Waals surface area contributed by atoms with Crippen molar-refractivity contribution in [1.82, 2.24) is 4.98 Å². The molecular weight excluding hydrogens is 260 g/mol. The zero-order chi connectivity index (χ0) is 14.5. The summed E-state index contributed by atoms with van der Waals surface area (Å²) in [5.74, 6) is 1.38. The lowest BCUT2D eigenvalue weighted by atomic mass is 10.1. The Kier molecular flexibility index (Phi) is 3.83. The highest BCUT2D eigenvalue weighted by Gasteiger charge is 2.03. The molecule has 0 bridgehead atoms. The summed E-state index contributed by atoms with van der Waals surface area (Å²) in [7, 11) is 0. The van der Waals surface area contributed by atoms with Crippen molar-refractivity contribution in [3.8, 4) is 16.9 Å². The molecule has 3 aromatic rings. The van der Waals surface area contributed by atoms with Gasteiger partial charge in [-0.15, -0.1) is 0 Å². The van der Waals surface area contributed by atoms with Gasteiger partial charge in [-0.1, -0.05) is 42.5 Å². The minimum absolute atomic E-state index is 0.537. The van der Waals surface area contributed by atoms with Crippen molar-refractivity contribution in [2.24, 2.45) is 0 Å². The highest BCUT2D eigenvalue weighted by Crippen LogP contribution is 2.26. The number of benzene rings is 2. The quantitative estimate of drug-likeness (QED) is 0.786. The number of ether oxygens (including phenoxy) is 1. The maximum Gasteiger partial charge on any atom is 0.131 e. The molecule has 1 aromatic heterocycles. The molecule has 21 heavy (non-hydrogen) atoms. The summed E-state index contributed by atoms with van der Waals surface area (Å²) in [6, 6.07) is 21.8. The van der Waals surface area contributed by atoms with Crippen molar-refractivity contribution in [3.05, 3.63) is 78.5 Å². The molecule has 2 aromatic carbocycles. The normalized spacial score (nSPS) is 10.3. The van der Waals surface area contributed by atoms with Gasteiger partial charge in [0.05, 0.1) is 0 Å². The van der Waals surface area contributed by atoms with Gasteiger partial charge in [-0.25, -0.2) is 4.98 Å². The molecule has 0 saturated heterocycles. The molecule has 0 aliphatic carbocycles. The van der Waals surface area contributed by atoms with E-state index in [1.165, 1.54) is 0 Å². The summed E-state index contributed by atoms with van der Waals surface area (Å²) in [5, 5.41) is 0. The highest BCUT2D eigenvalue weighted by molar-refractivity contribution is 5.73. The molecule has 0 spiro atoms. The first-order valence-electron chi connectivity index (χ1n) is 6.80. The van der Waals surface area contributed by atoms with Crippen LogP contribution < -0.4 is 10.5 Å². The van der Waals surface area contributed by atoms with Crippen LogP contribution in [0.3, 0.4) is 0 Å². The Morgan fingerprint density at radius 2 is 1.62 bits per heavy atom. The molecule has 0 amide bonds. The van der Waals surface area contributed by atoms with Crippen molar-refractivity contribution in [3.63, 3.8) is 0 Å². The second-order valence-electron chi connectivity index (χ2n) is 4.73. The van der Waals surface area contributed by atoms with Crippen molar-refractivity contribution in [2.75, 3.05) is 5.73 Å². The number of aromatic nitrogens is 1. The summed E-state index contributed by atoms with van der Waals surface area (Å²) >= 11 is 0. The van der Waals surface area contributed by atoms with E-state index in [-0.39, 0.29) is 0 Å². The Labute approximate surface area is 124 Å². The number of rotatable bonds is 4. The first-order chi connectivity index (χ1) is 10.3. The Bertz CT molecular complexity index is 709. The standard InChI is InChI=1S/C18H16N2O/c19-18-17(7-4-12-20-18)15-8-10-16(11-9-15)21-13-14-5-2-1-3-6-14/h1-12H,13H2,(H2,19,20). The molecule has 3 heteroatoms. The number of hydrogen-bond acceptors (Lipinski definition) is 3. The predicted molar refractivity (Wildman–Crippen MR) is 84.9 cm³/mol. The van der Waals surface area contributed by atoms with E-state index >= 15 is 0 Å². The summed E-state index contributed by atoms with van der Waals surface area (Å²) in [6.45, 7) is 0.565. The van der Waals surface area contributed by atoms with Gasteiger partial charge >= 0.3 is 0 Å². The van der Waals surface area contributed by atoms with E-state index in [4.69, 9.17) is 10.5 Å². The van der Waals surface area contributed by atoms with Crippen molar-refractivity contribution < 1.29 is 4.74 Å². The number of nitrogens with two attached hydrogens (primary N) is 1. The van der Waals surface area contributed by atoms with Crippen LogP contribution in [0.5, 0.6) is 5.75 Å². The highest BCUT2D eigenvalue weighted by atomic mass is 16.5. The first-order valence-corrected chi connectivity index (χ1v) is 6.80. The molecule has 104 valence electrons. The third-order valence-corrected chi connectivity index (χ3v) is 3.25. The lowest BCUT2D eigenvalue weighted by Gasteiger charge is -2.08. The third-order valence-electron chi connectivity index (χ3n) is 3.25. The summed E-state index contributed by atoms with van der Waals surface area (Å²) in [5.41, 5.74) is 9.01. The third kappa shape index (κ3) is 3.20. The van der Waals surface area contributed by atoms with Gasteiger partial charge in [-0.05, 0) is 35.4 Å². The maximum absolute atomic E-state index is 5.88. The second-order valence-corrected chi connectivity index (χ2v) is 4.73. The molecule has 0 atom stereocenters. The SMILES string of the molecule is Nc1ncccc1-c1ccc(OCc2ccccc2)cc1. The van der Waals surface area contributed by atoms with Crippen LogP contribution in [-0.2, 0) is 6.61 Å². The maximum atomic E-state index is 5.88. The van der Waals surface area contributed by atoms with Crippen molar-refractivity contribution in [2.45, 2.75) is 6.61 Å². The Morgan fingerprint density at radius 1 is 0.857 bits per heavy atom. The van der Waals surface area contributed by atoms with E-state index in [1.54, 1.807) is 6.20 Å². The molecule has 0 saturated carbocycles. The van der Waals surface area contributed by atoms with E-state index in [9.17, 15) is 0 Å². The van der Waals surface area contributed by atoms with Gasteiger partial charge in [0.1, 0.15) is 18.2 Å². The fourth-order valence-corrected chi connectivity index (χ4v) is 2.13. The fourth-order valence-electron chi connectivity index (χ4n) is 2.13. The van der Waals surface area contributed by atoms with Gasteiger partial charge < -0.3 is 10.5 Å². The monoisotopic (exact) mass is 276 g/mol. The minimum atomic E-state index is 0.537. The topological polar surface area (TPSA) is 48.1 Å². The van der Waals surface area contributed by atoms with Crippen LogP contribution in [0.15, 0.2) is 72.9 Å². The lowest BCUT2D eigenvalue weighted by molar-refractivity contribution is 0.306. The predicted octanol–water partition coefficient (Wildman–Crippen LogP) is 3.91. The molecule has 1 heterocycles. The minimum Gasteiger partial charge on any atom is -0.489 e. The summed E-state index contributed by atoms with van der Waals surface area (Å²) < 4.78 is 5.77. The van der Waals surface area contributed by atoms with E-state index in [2.05, 4.69) is 4.98 Å². The van der Waals surface area contributed by atoms with Crippen LogP contribution in [0.2, 0.25) is 0 Å². The van der Waals surface area contributed by atoms with Gasteiger partial charge in [0, 0.05) is 11.8 Å². The molecule has 0 fully saturated rings. The van der Waals surface area contributed by atoms with E-state index in [0.717, 1.165) is 22.4 Å². The largest absolute Gasteiger partial charge is 0.489 e. The van der Waals surface area contributed by atoms with Crippen LogP contribution in [0.1, 0.15) is 5.56 Å². The van der Waals surface area contributed by atoms with Crippen LogP contribution in [0.4, 0.5) is 5.82 Å². The summed E-state index contributed by atoms with van der Waals surface area (Å²) in [4.78, 5) is 4.10. The van der Waals surface area contributed by atoms with Gasteiger partial charge in [0.15, 0.2) is 0 Å². The zero-order valence-electron chi connectivity index (χ0n) is 11.6. The van der Waals surface area contributed by atoms with Crippen molar-refractivity contribution in [1.29, 1.82) is 0 Å². The average Bonchev–Trinajstić information content (AvgIpc) is 2.55. The smallest absolute Gasteiger partial charge is 0.131 e. The fraction of sp³-hybridized carbons (Fsp3) is 0.0556. The first kappa shape index (κ1) is 13.2. The molecule has 0 aliphatic rings.